The van der Waals surface area contributed by atoms with Crippen molar-refractivity contribution >= 4 is 23.5 Å². The average molecular weight is 288 g/mol. The maximum atomic E-state index is 12.4. The van der Waals surface area contributed by atoms with Crippen LogP contribution in [-0.4, -0.2) is 35.8 Å². The van der Waals surface area contributed by atoms with Gasteiger partial charge in [0.05, 0.1) is 0 Å². The number of carboxylic acids is 1. The third-order valence-electron chi connectivity index (χ3n) is 2.76. The van der Waals surface area contributed by atoms with Crippen molar-refractivity contribution in [3.8, 4) is 5.75 Å². The number of nitrogens with one attached hydrogen (secondary N) is 1. The van der Waals surface area contributed by atoms with Crippen molar-refractivity contribution in [2.45, 2.75) is 18.6 Å². The summed E-state index contributed by atoms with van der Waals surface area (Å²) in [5, 5.41) is 11.3. The zero-order valence-electron chi connectivity index (χ0n) is 9.73. The molecule has 1 aliphatic heterocycles. The first-order valence-electron chi connectivity index (χ1n) is 5.55. The van der Waals surface area contributed by atoms with Crippen molar-refractivity contribution in [1.29, 1.82) is 0 Å². The van der Waals surface area contributed by atoms with Crippen molar-refractivity contribution in [1.82, 2.24) is 5.32 Å². The largest absolute Gasteiger partial charge is 0.480 e. The predicted octanol–water partition coefficient (Wildman–Crippen LogP) is 1.18. The maximum absolute atomic E-state index is 12.4. The molecule has 1 heterocycles. The van der Waals surface area contributed by atoms with Gasteiger partial charge in [-0.3, -0.25) is 4.79 Å². The second-order valence-corrected chi connectivity index (χ2v) is 4.55. The van der Waals surface area contributed by atoms with Gasteiger partial charge in [0.15, 0.2) is 12.1 Å². The van der Waals surface area contributed by atoms with E-state index in [1.54, 1.807) is 18.2 Å². The minimum atomic E-state index is -1.55. The monoisotopic (exact) mass is 287 g/mol. The molecule has 1 aromatic rings. The van der Waals surface area contributed by atoms with Crippen molar-refractivity contribution in [2.75, 3.05) is 6.67 Å². The lowest BCUT2D eigenvalue weighted by Gasteiger charge is -2.14. The van der Waals surface area contributed by atoms with E-state index in [-0.39, 0.29) is 6.42 Å². The fourth-order valence-electron chi connectivity index (χ4n) is 1.79. The highest BCUT2D eigenvalue weighted by Gasteiger charge is 2.31. The molecule has 2 rings (SSSR count). The Morgan fingerprint density at radius 2 is 2.32 bits per heavy atom. The lowest BCUT2D eigenvalue weighted by molar-refractivity contribution is -0.143. The van der Waals surface area contributed by atoms with Crippen molar-refractivity contribution in [3.63, 3.8) is 0 Å². The molecule has 1 amide bonds. The lowest BCUT2D eigenvalue weighted by Crippen LogP contribution is -2.47. The molecule has 1 aliphatic rings. The van der Waals surface area contributed by atoms with Crippen LogP contribution in [0.3, 0.4) is 0 Å². The molecule has 102 valence electrons. The van der Waals surface area contributed by atoms with Crippen LogP contribution in [0, 0.1) is 0 Å². The number of alkyl halides is 1. The highest BCUT2D eigenvalue weighted by Crippen LogP contribution is 2.31. The van der Waals surface area contributed by atoms with Crippen molar-refractivity contribution < 1.29 is 23.8 Å². The third-order valence-corrected chi connectivity index (χ3v) is 2.99. The summed E-state index contributed by atoms with van der Waals surface area (Å²) in [5.74, 6) is -1.55. The number of ether oxygens (including phenoxy) is 1. The fourth-order valence-corrected chi connectivity index (χ4v) is 1.99. The van der Waals surface area contributed by atoms with Crippen LogP contribution in [0.2, 0.25) is 5.02 Å². The Labute approximate surface area is 113 Å². The molecule has 7 heteroatoms. The standard InChI is InChI=1S/C12H11ClFNO4/c13-7-1-2-9-6(3-7)4-10(19-9)11(16)15-8(5-14)12(17)18/h1-3,8,10H,4-5H2,(H,15,16)(H,17,18). The Morgan fingerprint density at radius 3 is 2.95 bits per heavy atom. The van der Waals surface area contributed by atoms with Crippen LogP contribution in [0.4, 0.5) is 4.39 Å². The first-order chi connectivity index (χ1) is 9.01. The summed E-state index contributed by atoms with van der Waals surface area (Å²) < 4.78 is 17.8. The number of carbonyl (C=O) groups is 2. The Morgan fingerprint density at radius 1 is 1.58 bits per heavy atom. The molecular formula is C12H11ClFNO4. The fraction of sp³-hybridized carbons (Fsp3) is 0.333. The number of aliphatic carboxylic acids is 1. The number of carboxylic acid groups (broad SMARTS) is 1. The van der Waals surface area contributed by atoms with Gasteiger partial charge >= 0.3 is 5.97 Å². The zero-order valence-corrected chi connectivity index (χ0v) is 10.5. The van der Waals surface area contributed by atoms with Gasteiger partial charge in [-0.05, 0) is 23.8 Å². The van der Waals surface area contributed by atoms with Crippen LogP contribution in [0.25, 0.3) is 0 Å². The summed E-state index contributed by atoms with van der Waals surface area (Å²) in [5.41, 5.74) is 0.764. The van der Waals surface area contributed by atoms with E-state index >= 15 is 0 Å². The highest BCUT2D eigenvalue weighted by atomic mass is 35.5. The lowest BCUT2D eigenvalue weighted by atomic mass is 10.1. The third kappa shape index (κ3) is 2.96. The SMILES string of the molecule is O=C(O)C(CF)NC(=O)C1Cc2cc(Cl)ccc2O1. The second kappa shape index (κ2) is 5.44. The number of halogens is 2. The summed E-state index contributed by atoms with van der Waals surface area (Å²) in [7, 11) is 0. The molecule has 5 nitrogen and oxygen atoms in total. The zero-order chi connectivity index (χ0) is 14.0. The molecule has 0 aliphatic carbocycles. The Balaban J connectivity index is 2.02. The quantitative estimate of drug-likeness (QED) is 0.872. The van der Waals surface area contributed by atoms with E-state index in [0.717, 1.165) is 5.56 Å². The van der Waals surface area contributed by atoms with E-state index in [1.165, 1.54) is 0 Å². The van der Waals surface area contributed by atoms with Gasteiger partial charge in [0.1, 0.15) is 12.4 Å². The van der Waals surface area contributed by atoms with Gasteiger partial charge in [0.25, 0.3) is 5.91 Å². The number of fused-ring (bicyclic) bond motifs is 1. The van der Waals surface area contributed by atoms with Crippen LogP contribution in [0.1, 0.15) is 5.56 Å². The number of benzene rings is 1. The molecule has 0 spiro atoms. The van der Waals surface area contributed by atoms with Gasteiger partial charge < -0.3 is 15.2 Å². The summed E-state index contributed by atoms with van der Waals surface area (Å²) in [6, 6.07) is 3.38. The van der Waals surface area contributed by atoms with E-state index in [0.29, 0.717) is 10.8 Å². The molecule has 2 atom stereocenters. The topological polar surface area (TPSA) is 75.6 Å². The summed E-state index contributed by atoms with van der Waals surface area (Å²) in [6.45, 7) is -1.17. The van der Waals surface area contributed by atoms with Crippen LogP contribution < -0.4 is 10.1 Å². The van der Waals surface area contributed by atoms with E-state index < -0.39 is 30.7 Å². The number of hydrogen-bond donors (Lipinski definition) is 2. The second-order valence-electron chi connectivity index (χ2n) is 4.12. The Bertz CT molecular complexity index is 522. The van der Waals surface area contributed by atoms with Gasteiger partial charge in [-0.2, -0.15) is 0 Å². The molecule has 2 N–H and O–H groups in total. The minimum absolute atomic E-state index is 0.278. The first kappa shape index (κ1) is 13.6. The van der Waals surface area contributed by atoms with E-state index in [2.05, 4.69) is 5.32 Å². The maximum Gasteiger partial charge on any atom is 0.328 e. The molecule has 0 saturated carbocycles. The van der Waals surface area contributed by atoms with Gasteiger partial charge in [0, 0.05) is 11.4 Å². The number of rotatable bonds is 4. The normalized spacial score (nSPS) is 18.3. The van der Waals surface area contributed by atoms with E-state index in [1.807, 2.05) is 0 Å². The summed E-state index contributed by atoms with van der Waals surface area (Å²) in [4.78, 5) is 22.4. The van der Waals surface area contributed by atoms with Gasteiger partial charge in [-0.25, -0.2) is 9.18 Å². The Kier molecular flexibility index (Phi) is 3.90. The first-order valence-corrected chi connectivity index (χ1v) is 5.93. The average Bonchev–Trinajstić information content (AvgIpc) is 2.78. The van der Waals surface area contributed by atoms with Crippen LogP contribution >= 0.6 is 11.6 Å². The summed E-state index contributed by atoms with van der Waals surface area (Å²) in [6.07, 6.45) is -0.581. The highest BCUT2D eigenvalue weighted by molar-refractivity contribution is 6.30. The molecule has 0 bridgehead atoms. The summed E-state index contributed by atoms with van der Waals surface area (Å²) >= 11 is 5.82. The smallest absolute Gasteiger partial charge is 0.328 e. The van der Waals surface area contributed by atoms with Gasteiger partial charge in [-0.1, -0.05) is 11.6 Å². The van der Waals surface area contributed by atoms with E-state index in [4.69, 9.17) is 21.4 Å². The number of amides is 1. The predicted molar refractivity (Wildman–Crippen MR) is 65.1 cm³/mol. The Hall–Kier alpha value is -1.82. The molecule has 1 aromatic carbocycles. The van der Waals surface area contributed by atoms with Crippen LogP contribution in [0.5, 0.6) is 5.75 Å². The molecule has 0 aromatic heterocycles. The van der Waals surface area contributed by atoms with E-state index in [9.17, 15) is 14.0 Å². The molecule has 0 fully saturated rings. The molecule has 2 unspecified atom stereocenters. The molecule has 0 saturated heterocycles. The minimum Gasteiger partial charge on any atom is -0.480 e. The van der Waals surface area contributed by atoms with Gasteiger partial charge in [-0.15, -0.1) is 0 Å². The number of hydrogen-bond acceptors (Lipinski definition) is 3. The van der Waals surface area contributed by atoms with Crippen molar-refractivity contribution in [2.24, 2.45) is 0 Å². The molecular weight excluding hydrogens is 277 g/mol. The van der Waals surface area contributed by atoms with Crippen LogP contribution in [-0.2, 0) is 16.0 Å². The van der Waals surface area contributed by atoms with Crippen LogP contribution in [0.15, 0.2) is 18.2 Å². The van der Waals surface area contributed by atoms with Crippen molar-refractivity contribution in [3.05, 3.63) is 28.8 Å². The molecule has 19 heavy (non-hydrogen) atoms. The van der Waals surface area contributed by atoms with Gasteiger partial charge in [0.2, 0.25) is 0 Å². The number of carbonyl (C=O) groups excluding carboxylic acids is 1. The molecule has 0 radical (unpaired) electrons.